The van der Waals surface area contributed by atoms with Gasteiger partial charge in [-0.3, -0.25) is 19.2 Å². The standard InChI is InChI=1S/C36H33N5O8S/c1-15-14-41(34(46)21-8-16-9-24(42)26(48-3)12-20(16)37-21)27-13-25(43)29-19(36(15,27)2)11-22(38-29)33(45)40-7-6-17-18-10-23(35(47)50-5)39-28(18)32(49-4)31(44)30(17)40/h8-13,15,37-39,42,44H,6-7,14H2,1-5H3/t15-,36-/m1/s1. The molecule has 0 saturated carbocycles. The highest BCUT2D eigenvalue weighted by Crippen LogP contribution is 2.52. The minimum absolute atomic E-state index is 0.0485. The number of nitrogens with one attached hydrogen (secondary N) is 3. The van der Waals surface area contributed by atoms with Crippen LogP contribution in [0.3, 0.4) is 0 Å². The summed E-state index contributed by atoms with van der Waals surface area (Å²) in [7, 11) is 2.85. The van der Waals surface area contributed by atoms with Crippen molar-refractivity contribution in [3.63, 3.8) is 0 Å². The van der Waals surface area contributed by atoms with Gasteiger partial charge < -0.3 is 44.4 Å². The first-order valence-electron chi connectivity index (χ1n) is 16.0. The van der Waals surface area contributed by atoms with Crippen LogP contribution in [-0.4, -0.2) is 86.3 Å². The number of carbonyl (C=O) groups excluding carboxylic acids is 4. The van der Waals surface area contributed by atoms with E-state index in [0.29, 0.717) is 63.0 Å². The molecule has 0 spiro atoms. The van der Waals surface area contributed by atoms with E-state index in [1.165, 1.54) is 31.3 Å². The number of benzene rings is 2. The summed E-state index contributed by atoms with van der Waals surface area (Å²) < 4.78 is 10.7. The minimum atomic E-state index is -0.784. The van der Waals surface area contributed by atoms with Gasteiger partial charge in [0.1, 0.15) is 11.4 Å². The Bertz CT molecular complexity index is 2380. The number of thioether (sulfide) groups is 1. The topological polar surface area (TPSA) is 181 Å². The zero-order valence-corrected chi connectivity index (χ0v) is 28.6. The molecule has 1 fully saturated rings. The van der Waals surface area contributed by atoms with E-state index in [9.17, 15) is 29.4 Å². The molecule has 14 heteroatoms. The quantitative estimate of drug-likeness (QED) is 0.164. The van der Waals surface area contributed by atoms with E-state index in [-0.39, 0.29) is 69.3 Å². The number of fused-ring (bicyclic) bond motifs is 7. The third-order valence-electron chi connectivity index (χ3n) is 10.6. The zero-order chi connectivity index (χ0) is 35.4. The zero-order valence-electron chi connectivity index (χ0n) is 27.8. The van der Waals surface area contributed by atoms with E-state index < -0.39 is 11.3 Å². The molecule has 50 heavy (non-hydrogen) atoms. The molecule has 5 heterocycles. The molecular formula is C36H33N5O8S. The molecule has 2 aliphatic heterocycles. The molecule has 2 atom stereocenters. The second kappa shape index (κ2) is 10.9. The van der Waals surface area contributed by atoms with Crippen LogP contribution in [0, 0.1) is 5.92 Å². The van der Waals surface area contributed by atoms with Crippen molar-refractivity contribution in [2.75, 3.05) is 38.5 Å². The number of ketones is 1. The number of anilines is 1. The number of hydrogen-bond acceptors (Lipinski definition) is 9. The number of aromatic hydroxyl groups is 2. The van der Waals surface area contributed by atoms with Crippen molar-refractivity contribution in [2.24, 2.45) is 5.92 Å². The summed E-state index contributed by atoms with van der Waals surface area (Å²) >= 11 is 1.06. The van der Waals surface area contributed by atoms with Crippen molar-refractivity contribution in [1.29, 1.82) is 0 Å². The summed E-state index contributed by atoms with van der Waals surface area (Å²) in [5.41, 5.74) is 3.53. The average Bonchev–Trinajstić information content (AvgIpc) is 3.93. The fourth-order valence-corrected chi connectivity index (χ4v) is 8.20. The van der Waals surface area contributed by atoms with Gasteiger partial charge in [0.2, 0.25) is 10.9 Å². The highest BCUT2D eigenvalue weighted by Gasteiger charge is 2.53. The van der Waals surface area contributed by atoms with Gasteiger partial charge in [0.15, 0.2) is 23.0 Å². The van der Waals surface area contributed by atoms with Gasteiger partial charge in [0.25, 0.3) is 11.8 Å². The fourth-order valence-electron chi connectivity index (χ4n) is 7.87. The van der Waals surface area contributed by atoms with Gasteiger partial charge in [-0.2, -0.15) is 0 Å². The van der Waals surface area contributed by atoms with E-state index in [0.717, 1.165) is 11.8 Å². The molecular weight excluding hydrogens is 662 g/mol. The van der Waals surface area contributed by atoms with Crippen molar-refractivity contribution in [2.45, 2.75) is 25.7 Å². The SMILES string of the molecule is COc1cc2[nH]c(C(=O)N3C[C@@H](C)[C@@]4(C)C3=CC(=O)c3[nH]c(C(=O)N5CCc6c5c(O)c(OC)c5[nH]c(C(=O)SC)cc65)cc34)cc2cc1O. The Balaban J connectivity index is 1.14. The van der Waals surface area contributed by atoms with Crippen LogP contribution in [0.2, 0.25) is 0 Å². The van der Waals surface area contributed by atoms with E-state index >= 15 is 0 Å². The molecule has 1 aliphatic carbocycles. The maximum absolute atomic E-state index is 14.2. The molecule has 3 aliphatic rings. The Labute approximate surface area is 289 Å². The van der Waals surface area contributed by atoms with E-state index in [1.807, 2.05) is 13.8 Å². The Morgan fingerprint density at radius 3 is 2.42 bits per heavy atom. The van der Waals surface area contributed by atoms with Crippen molar-refractivity contribution in [1.82, 2.24) is 19.9 Å². The first kappa shape index (κ1) is 31.6. The number of rotatable bonds is 5. The lowest BCUT2D eigenvalue weighted by molar-refractivity contribution is 0.0812. The maximum Gasteiger partial charge on any atom is 0.274 e. The van der Waals surface area contributed by atoms with E-state index in [2.05, 4.69) is 15.0 Å². The Hall–Kier alpha value is -5.63. The maximum atomic E-state index is 14.2. The molecule has 0 unspecified atom stereocenters. The van der Waals surface area contributed by atoms with Crippen molar-refractivity contribution < 1.29 is 38.9 Å². The molecule has 8 rings (SSSR count). The van der Waals surface area contributed by atoms with Crippen LogP contribution in [0.1, 0.15) is 66.9 Å². The van der Waals surface area contributed by atoms with Gasteiger partial charge >= 0.3 is 0 Å². The molecule has 2 aromatic carbocycles. The minimum Gasteiger partial charge on any atom is -0.504 e. The van der Waals surface area contributed by atoms with E-state index in [4.69, 9.17) is 9.47 Å². The van der Waals surface area contributed by atoms with Gasteiger partial charge in [-0.25, -0.2) is 0 Å². The average molecular weight is 696 g/mol. The number of hydrogen-bond donors (Lipinski definition) is 5. The fraction of sp³-hybridized carbons (Fsp3) is 0.278. The molecule has 0 radical (unpaired) electrons. The second-order valence-electron chi connectivity index (χ2n) is 13.1. The molecule has 2 amide bonds. The largest absolute Gasteiger partial charge is 0.504 e. The summed E-state index contributed by atoms with van der Waals surface area (Å²) in [5, 5.41) is 22.8. The van der Waals surface area contributed by atoms with Gasteiger partial charge in [-0.05, 0) is 60.9 Å². The predicted molar refractivity (Wildman–Crippen MR) is 187 cm³/mol. The van der Waals surface area contributed by atoms with Crippen LogP contribution in [0.4, 0.5) is 5.69 Å². The van der Waals surface area contributed by atoms with Gasteiger partial charge in [-0.15, -0.1) is 0 Å². The van der Waals surface area contributed by atoms with Crippen LogP contribution in [-0.2, 0) is 11.8 Å². The summed E-state index contributed by atoms with van der Waals surface area (Å²) in [6.07, 6.45) is 3.57. The number of phenols is 2. The third kappa shape index (κ3) is 4.20. The number of likely N-dealkylation sites (tertiary alicyclic amines) is 1. The van der Waals surface area contributed by atoms with E-state index in [1.54, 1.807) is 35.4 Å². The number of nitrogens with zero attached hydrogens (tertiary/aromatic N) is 2. The number of H-pyrrole nitrogens is 3. The molecule has 256 valence electrons. The van der Waals surface area contributed by atoms with Crippen LogP contribution in [0.25, 0.3) is 21.8 Å². The number of carbonyl (C=O) groups is 4. The van der Waals surface area contributed by atoms with Crippen molar-refractivity contribution in [3.05, 3.63) is 76.0 Å². The normalized spacial score (nSPS) is 19.5. The number of ether oxygens (including phenoxy) is 2. The van der Waals surface area contributed by atoms with Crippen LogP contribution >= 0.6 is 11.8 Å². The molecule has 5 aromatic rings. The predicted octanol–water partition coefficient (Wildman–Crippen LogP) is 5.24. The van der Waals surface area contributed by atoms with Crippen molar-refractivity contribution in [3.8, 4) is 23.0 Å². The Morgan fingerprint density at radius 1 is 0.960 bits per heavy atom. The first-order valence-corrected chi connectivity index (χ1v) is 17.2. The van der Waals surface area contributed by atoms with Gasteiger partial charge in [0.05, 0.1) is 36.8 Å². The lowest BCUT2D eigenvalue weighted by atomic mass is 9.70. The van der Waals surface area contributed by atoms with Crippen LogP contribution < -0.4 is 14.4 Å². The van der Waals surface area contributed by atoms with Crippen molar-refractivity contribution >= 4 is 62.0 Å². The van der Waals surface area contributed by atoms with Crippen LogP contribution in [0.5, 0.6) is 23.0 Å². The smallest absolute Gasteiger partial charge is 0.274 e. The first-order chi connectivity index (χ1) is 23.9. The molecule has 13 nitrogen and oxygen atoms in total. The molecule has 5 N–H and O–H groups in total. The summed E-state index contributed by atoms with van der Waals surface area (Å²) in [4.78, 5) is 66.6. The summed E-state index contributed by atoms with van der Waals surface area (Å²) in [6.45, 7) is 4.55. The molecule has 3 aromatic heterocycles. The highest BCUT2D eigenvalue weighted by molar-refractivity contribution is 8.13. The molecule has 1 saturated heterocycles. The third-order valence-corrected chi connectivity index (χ3v) is 11.2. The van der Waals surface area contributed by atoms with Gasteiger partial charge in [0, 0.05) is 52.6 Å². The summed E-state index contributed by atoms with van der Waals surface area (Å²) in [6, 6.07) is 8.19. The number of allylic oxidation sites excluding steroid dienone is 2. The summed E-state index contributed by atoms with van der Waals surface area (Å²) in [5.74, 6) is -1.15. The second-order valence-corrected chi connectivity index (χ2v) is 13.8. The number of methoxy groups -OCH3 is 2. The monoisotopic (exact) mass is 695 g/mol. The Morgan fingerprint density at radius 2 is 1.70 bits per heavy atom. The highest BCUT2D eigenvalue weighted by atomic mass is 32.2. The number of aromatic amines is 3. The lowest BCUT2D eigenvalue weighted by Gasteiger charge is -2.34. The molecule has 0 bridgehead atoms. The Kier molecular flexibility index (Phi) is 6.92. The van der Waals surface area contributed by atoms with Crippen LogP contribution in [0.15, 0.2) is 42.1 Å². The number of phenolic OH excluding ortho intramolecular Hbond substituents is 2. The van der Waals surface area contributed by atoms with Gasteiger partial charge in [-0.1, -0.05) is 18.7 Å². The lowest BCUT2D eigenvalue weighted by Crippen LogP contribution is -2.35. The number of amides is 2. The number of aromatic nitrogens is 3.